The molecule has 1 aliphatic carbocycles. The van der Waals surface area contributed by atoms with Crippen molar-refractivity contribution in [2.24, 2.45) is 11.3 Å². The highest BCUT2D eigenvalue weighted by Crippen LogP contribution is 2.59. The predicted molar refractivity (Wildman–Crippen MR) is 102 cm³/mol. The number of aliphatic carboxylic acids is 1. The Kier molecular flexibility index (Phi) is 4.33. The molecule has 1 saturated heterocycles. The molecule has 7 nitrogen and oxygen atoms in total. The maximum absolute atomic E-state index is 12.5. The van der Waals surface area contributed by atoms with E-state index in [1.165, 1.54) is 11.3 Å². The van der Waals surface area contributed by atoms with Gasteiger partial charge in [-0.2, -0.15) is 0 Å². The molecule has 2 aliphatic rings. The first-order valence-electron chi connectivity index (χ1n) is 9.30. The first kappa shape index (κ1) is 18.2. The Morgan fingerprint density at radius 3 is 2.67 bits per heavy atom. The molecule has 0 aromatic carbocycles. The minimum Gasteiger partial charge on any atom is -0.481 e. The zero-order valence-corrected chi connectivity index (χ0v) is 16.3. The number of carbonyl (C=O) groups excluding carboxylic acids is 1. The van der Waals surface area contributed by atoms with Crippen LogP contribution < -0.4 is 5.56 Å². The SMILES string of the molecule is Cc1sc2nc(CCC(=O)N3CCC4(CC3)CC4C(=O)O)[nH]c(=O)c2c1C. The smallest absolute Gasteiger partial charge is 0.307 e. The molecule has 1 amide bonds. The van der Waals surface area contributed by atoms with Crippen molar-refractivity contribution in [3.8, 4) is 0 Å². The largest absolute Gasteiger partial charge is 0.481 e. The van der Waals surface area contributed by atoms with Gasteiger partial charge in [-0.25, -0.2) is 4.98 Å². The second kappa shape index (κ2) is 6.44. The Morgan fingerprint density at radius 1 is 1.33 bits per heavy atom. The molecule has 1 unspecified atom stereocenters. The highest BCUT2D eigenvalue weighted by Gasteiger charge is 2.59. The number of likely N-dealkylation sites (tertiary alicyclic amines) is 1. The number of carboxylic acids is 1. The van der Waals surface area contributed by atoms with Crippen LogP contribution in [-0.4, -0.2) is 44.9 Å². The van der Waals surface area contributed by atoms with Crippen LogP contribution in [0, 0.1) is 25.2 Å². The fourth-order valence-electron chi connectivity index (χ4n) is 4.25. The van der Waals surface area contributed by atoms with E-state index >= 15 is 0 Å². The van der Waals surface area contributed by atoms with Crippen molar-refractivity contribution in [3.05, 3.63) is 26.6 Å². The van der Waals surface area contributed by atoms with Crippen molar-refractivity contribution in [1.29, 1.82) is 0 Å². The predicted octanol–water partition coefficient (Wildman–Crippen LogP) is 2.25. The second-order valence-electron chi connectivity index (χ2n) is 7.81. The second-order valence-corrected chi connectivity index (χ2v) is 9.02. The van der Waals surface area contributed by atoms with E-state index in [2.05, 4.69) is 9.97 Å². The summed E-state index contributed by atoms with van der Waals surface area (Å²) in [6, 6.07) is 0. The fraction of sp³-hybridized carbons (Fsp3) is 0.579. The van der Waals surface area contributed by atoms with E-state index in [9.17, 15) is 14.4 Å². The van der Waals surface area contributed by atoms with Crippen LogP contribution >= 0.6 is 11.3 Å². The molecule has 1 aliphatic heterocycles. The molecule has 2 fully saturated rings. The van der Waals surface area contributed by atoms with E-state index in [0.29, 0.717) is 37.1 Å². The number of aromatic nitrogens is 2. The summed E-state index contributed by atoms with van der Waals surface area (Å²) < 4.78 is 0. The molecule has 144 valence electrons. The number of piperidine rings is 1. The summed E-state index contributed by atoms with van der Waals surface area (Å²) in [5.74, 6) is -0.352. The third-order valence-electron chi connectivity index (χ3n) is 6.26. The number of hydrogen-bond acceptors (Lipinski definition) is 5. The Labute approximate surface area is 160 Å². The van der Waals surface area contributed by atoms with E-state index in [-0.39, 0.29) is 22.8 Å². The molecule has 1 spiro atoms. The maximum atomic E-state index is 12.5. The summed E-state index contributed by atoms with van der Waals surface area (Å²) in [6.45, 7) is 5.14. The highest BCUT2D eigenvalue weighted by molar-refractivity contribution is 7.18. The van der Waals surface area contributed by atoms with Gasteiger partial charge in [0.15, 0.2) is 0 Å². The highest BCUT2D eigenvalue weighted by atomic mass is 32.1. The van der Waals surface area contributed by atoms with Crippen LogP contribution in [0.3, 0.4) is 0 Å². The van der Waals surface area contributed by atoms with Crippen molar-refractivity contribution in [1.82, 2.24) is 14.9 Å². The molecule has 0 radical (unpaired) electrons. The standard InChI is InChI=1S/C19H23N3O4S/c1-10-11(2)27-17-15(10)16(24)20-13(21-17)3-4-14(23)22-7-5-19(6-8-22)9-12(19)18(25)26/h12H,3-9H2,1-2H3,(H,25,26)(H,20,21,24). The Morgan fingerprint density at radius 2 is 2.04 bits per heavy atom. The van der Waals surface area contributed by atoms with Crippen LogP contribution in [0.25, 0.3) is 10.2 Å². The van der Waals surface area contributed by atoms with Crippen LogP contribution in [0.2, 0.25) is 0 Å². The molecule has 4 rings (SSSR count). The molecule has 2 aromatic rings. The number of rotatable bonds is 4. The van der Waals surface area contributed by atoms with Gasteiger partial charge < -0.3 is 15.0 Å². The Bertz CT molecular complexity index is 985. The maximum Gasteiger partial charge on any atom is 0.307 e. The molecule has 2 aromatic heterocycles. The van der Waals surface area contributed by atoms with Crippen LogP contribution in [0.5, 0.6) is 0 Å². The number of hydrogen-bond donors (Lipinski definition) is 2. The van der Waals surface area contributed by atoms with Gasteiger partial charge in [-0.1, -0.05) is 0 Å². The zero-order valence-electron chi connectivity index (χ0n) is 15.5. The topological polar surface area (TPSA) is 103 Å². The molecular formula is C19H23N3O4S. The number of nitrogens with one attached hydrogen (secondary N) is 1. The average Bonchev–Trinajstić information content (AvgIpc) is 3.25. The van der Waals surface area contributed by atoms with Gasteiger partial charge in [-0.15, -0.1) is 11.3 Å². The monoisotopic (exact) mass is 389 g/mol. The number of aryl methyl sites for hydroxylation is 3. The fourth-order valence-corrected chi connectivity index (χ4v) is 5.30. The minimum atomic E-state index is -0.709. The van der Waals surface area contributed by atoms with Gasteiger partial charge in [0.25, 0.3) is 5.56 Å². The summed E-state index contributed by atoms with van der Waals surface area (Å²) in [7, 11) is 0. The van der Waals surface area contributed by atoms with Crippen molar-refractivity contribution in [2.75, 3.05) is 13.1 Å². The van der Waals surface area contributed by atoms with E-state index in [1.54, 1.807) is 0 Å². The number of H-pyrrole nitrogens is 1. The first-order valence-corrected chi connectivity index (χ1v) is 10.1. The molecule has 1 saturated carbocycles. The van der Waals surface area contributed by atoms with Crippen molar-refractivity contribution in [3.63, 3.8) is 0 Å². The summed E-state index contributed by atoms with van der Waals surface area (Å²) >= 11 is 1.50. The summed E-state index contributed by atoms with van der Waals surface area (Å²) in [5.41, 5.74) is 0.751. The van der Waals surface area contributed by atoms with Gasteiger partial charge in [0.05, 0.1) is 11.3 Å². The summed E-state index contributed by atoms with van der Waals surface area (Å²) in [4.78, 5) is 46.9. The summed E-state index contributed by atoms with van der Waals surface area (Å²) in [6.07, 6.45) is 2.98. The molecular weight excluding hydrogens is 366 g/mol. The lowest BCUT2D eigenvalue weighted by Gasteiger charge is -2.32. The van der Waals surface area contributed by atoms with Crippen molar-refractivity contribution in [2.45, 2.75) is 46.0 Å². The number of nitrogens with zero attached hydrogens (tertiary/aromatic N) is 2. The number of fused-ring (bicyclic) bond motifs is 1. The number of carbonyl (C=O) groups is 2. The van der Waals surface area contributed by atoms with Gasteiger partial charge in [-0.3, -0.25) is 14.4 Å². The van der Waals surface area contributed by atoms with Gasteiger partial charge in [0.1, 0.15) is 10.7 Å². The third-order valence-corrected chi connectivity index (χ3v) is 7.36. The minimum absolute atomic E-state index is 0.0404. The lowest BCUT2D eigenvalue weighted by Crippen LogP contribution is -2.40. The van der Waals surface area contributed by atoms with E-state index in [1.807, 2.05) is 18.7 Å². The number of thiophene rings is 1. The zero-order chi connectivity index (χ0) is 19.3. The van der Waals surface area contributed by atoms with Gasteiger partial charge >= 0.3 is 5.97 Å². The number of carboxylic acid groups (broad SMARTS) is 1. The quantitative estimate of drug-likeness (QED) is 0.835. The molecule has 2 N–H and O–H groups in total. The van der Waals surface area contributed by atoms with Gasteiger partial charge in [0.2, 0.25) is 5.91 Å². The molecule has 3 heterocycles. The Hall–Kier alpha value is -2.22. The lowest BCUT2D eigenvalue weighted by molar-refractivity contribution is -0.139. The van der Waals surface area contributed by atoms with Crippen LogP contribution in [0.1, 0.15) is 41.9 Å². The Balaban J connectivity index is 1.37. The van der Waals surface area contributed by atoms with E-state index in [4.69, 9.17) is 5.11 Å². The average molecular weight is 389 g/mol. The molecule has 0 bridgehead atoms. The normalized spacial score (nSPS) is 21.0. The molecule has 8 heteroatoms. The van der Waals surface area contributed by atoms with Gasteiger partial charge in [0, 0.05) is 30.8 Å². The van der Waals surface area contributed by atoms with Crippen LogP contribution in [0.4, 0.5) is 0 Å². The first-order chi connectivity index (χ1) is 12.8. The van der Waals surface area contributed by atoms with Gasteiger partial charge in [-0.05, 0) is 44.1 Å². The third kappa shape index (κ3) is 3.16. The number of aromatic amines is 1. The van der Waals surface area contributed by atoms with Crippen molar-refractivity contribution >= 4 is 33.4 Å². The van der Waals surface area contributed by atoms with E-state index < -0.39 is 5.97 Å². The van der Waals surface area contributed by atoms with Crippen LogP contribution in [-0.2, 0) is 16.0 Å². The lowest BCUT2D eigenvalue weighted by atomic mass is 9.90. The van der Waals surface area contributed by atoms with Crippen molar-refractivity contribution < 1.29 is 14.7 Å². The summed E-state index contributed by atoms with van der Waals surface area (Å²) in [5, 5.41) is 9.80. The van der Waals surface area contributed by atoms with Crippen LogP contribution in [0.15, 0.2) is 4.79 Å². The van der Waals surface area contributed by atoms with E-state index in [0.717, 1.165) is 34.5 Å². The molecule has 27 heavy (non-hydrogen) atoms. The molecule has 1 atom stereocenters. The number of amides is 1.